The van der Waals surface area contributed by atoms with Crippen molar-refractivity contribution in [1.29, 1.82) is 0 Å². The minimum atomic E-state index is -1.22. The van der Waals surface area contributed by atoms with Crippen molar-refractivity contribution in [2.45, 2.75) is 75.5 Å². The summed E-state index contributed by atoms with van der Waals surface area (Å²) in [6, 6.07) is 12.2. The summed E-state index contributed by atoms with van der Waals surface area (Å²) in [4.78, 5) is 41.5. The summed E-state index contributed by atoms with van der Waals surface area (Å²) in [5.41, 5.74) is 5.94. The molecule has 11 nitrogen and oxygen atoms in total. The molecule has 10 rings (SSSR count). The predicted octanol–water partition coefficient (Wildman–Crippen LogP) is 6.00. The number of ether oxygens (including phenoxy) is 4. The van der Waals surface area contributed by atoms with E-state index >= 15 is 0 Å². The fourth-order valence-electron chi connectivity index (χ4n) is 12.9. The standard InChI is InChI=1S/C45H56N4O7/c1-8-25-16-24-19-44(42(51)55-6)40-37(34(54-5)22-49(20-24)41(25)44)28-14-15-33(53-4)36(39(28)47-40)30-17-31-26(9-2)21-48(3)35(45(31,23-50)43(52)56-7)18-29-27-12-10-11-13-32(27)46-38(29)30/h9-15,24-25,30-31,34-35,41,46-47,50H,8,16-23H2,1-7H3/b26-9-/t24-,25+,30+,31-,34-,35+,41+,44-,45+/m1/s1. The topological polar surface area (TPSA) is 129 Å². The number of rotatable bonds is 7. The average Bonchev–Trinajstić information content (AvgIpc) is 3.77. The second-order valence-corrected chi connectivity index (χ2v) is 17.2. The smallest absolute Gasteiger partial charge is 0.319 e. The van der Waals surface area contributed by atoms with E-state index in [2.05, 4.69) is 63.1 Å². The highest BCUT2D eigenvalue weighted by Gasteiger charge is 2.64. The van der Waals surface area contributed by atoms with E-state index in [1.165, 1.54) is 14.2 Å². The average molecular weight is 765 g/mol. The SMILES string of the molecule is C/C=C1/CN(C)[C@H]2Cc3c([nH]c4ccccc34)[C@H](c3c(OC)ccc4c5c([nH]c34)[C@]3(C(=O)OC)C[C@H]4C[C@H](CC)[C@@H]3N(C4)C[C@H]5OC)C[C@H]1[C@]2(CO)C(=O)OC. The summed E-state index contributed by atoms with van der Waals surface area (Å²) in [5.74, 6) is 0.159. The molecule has 1 saturated carbocycles. The van der Waals surface area contributed by atoms with Gasteiger partial charge in [-0.2, -0.15) is 0 Å². The third-order valence-electron chi connectivity index (χ3n) is 15.1. The van der Waals surface area contributed by atoms with E-state index in [9.17, 15) is 14.7 Å². The first-order valence-corrected chi connectivity index (χ1v) is 20.4. The van der Waals surface area contributed by atoms with Gasteiger partial charge < -0.3 is 34.0 Å². The molecule has 3 N–H and O–H groups in total. The van der Waals surface area contributed by atoms with Crippen LogP contribution in [0.25, 0.3) is 21.8 Å². The maximum atomic E-state index is 14.6. The number of aromatic amines is 2. The van der Waals surface area contributed by atoms with Crippen molar-refractivity contribution in [3.05, 3.63) is 76.1 Å². The lowest BCUT2D eigenvalue weighted by Crippen LogP contribution is -2.67. The van der Waals surface area contributed by atoms with Crippen LogP contribution in [0, 0.1) is 23.2 Å². The summed E-state index contributed by atoms with van der Waals surface area (Å²) >= 11 is 0. The fraction of sp³-hybridized carbons (Fsp3) is 0.556. The largest absolute Gasteiger partial charge is 0.496 e. The van der Waals surface area contributed by atoms with Crippen LogP contribution in [0.5, 0.6) is 5.75 Å². The number of fused-ring (bicyclic) bond motifs is 9. The first-order chi connectivity index (χ1) is 27.1. The Labute approximate surface area is 328 Å². The molecule has 0 spiro atoms. The number of carbonyl (C=O) groups excluding carboxylic acids is 2. The number of H-pyrrole nitrogens is 2. The summed E-state index contributed by atoms with van der Waals surface area (Å²) in [5, 5.41) is 13.6. The highest BCUT2D eigenvalue weighted by molar-refractivity contribution is 5.95. The van der Waals surface area contributed by atoms with E-state index < -0.39 is 16.8 Å². The third kappa shape index (κ3) is 4.90. The second kappa shape index (κ2) is 13.7. The van der Waals surface area contributed by atoms with E-state index in [0.717, 1.165) is 81.3 Å². The van der Waals surface area contributed by atoms with E-state index in [0.29, 0.717) is 43.5 Å². The van der Waals surface area contributed by atoms with Crippen molar-refractivity contribution in [2.24, 2.45) is 23.2 Å². The van der Waals surface area contributed by atoms with E-state index in [4.69, 9.17) is 18.9 Å². The number of carbonyl (C=O) groups is 2. The number of aliphatic hydroxyl groups is 1. The lowest BCUT2D eigenvalue weighted by atomic mass is 9.56. The van der Waals surface area contributed by atoms with Crippen LogP contribution in [0.4, 0.5) is 0 Å². The molecule has 56 heavy (non-hydrogen) atoms. The van der Waals surface area contributed by atoms with Crippen LogP contribution in [-0.4, -0.2) is 111 Å². The molecule has 6 aliphatic rings. The van der Waals surface area contributed by atoms with Gasteiger partial charge in [0.25, 0.3) is 0 Å². The van der Waals surface area contributed by atoms with Crippen LogP contribution in [0.2, 0.25) is 0 Å². The van der Waals surface area contributed by atoms with Crippen LogP contribution in [0.1, 0.15) is 79.6 Å². The zero-order valence-corrected chi connectivity index (χ0v) is 33.7. The van der Waals surface area contributed by atoms with Crippen molar-refractivity contribution < 1.29 is 33.6 Å². The summed E-state index contributed by atoms with van der Waals surface area (Å²) in [6.07, 6.45) is 5.66. The summed E-state index contributed by atoms with van der Waals surface area (Å²) < 4.78 is 24.2. The van der Waals surface area contributed by atoms with Crippen molar-refractivity contribution in [2.75, 3.05) is 61.7 Å². The number of esters is 2. The van der Waals surface area contributed by atoms with Crippen molar-refractivity contribution >= 4 is 33.7 Å². The van der Waals surface area contributed by atoms with Gasteiger partial charge in [-0.15, -0.1) is 0 Å². The van der Waals surface area contributed by atoms with Gasteiger partial charge in [-0.1, -0.05) is 43.2 Å². The second-order valence-electron chi connectivity index (χ2n) is 17.2. The number of benzene rings is 2. The molecule has 2 aromatic carbocycles. The number of aliphatic hydroxyl groups excluding tert-OH is 1. The van der Waals surface area contributed by atoms with E-state index in [-0.39, 0.29) is 42.6 Å². The van der Waals surface area contributed by atoms with Crippen molar-refractivity contribution in [3.63, 3.8) is 0 Å². The Morgan fingerprint density at radius 2 is 1.77 bits per heavy atom. The maximum absolute atomic E-state index is 14.6. The normalized spacial score (nSPS) is 34.4. The Bertz CT molecular complexity index is 2240. The summed E-state index contributed by atoms with van der Waals surface area (Å²) in [7, 11) is 8.48. The monoisotopic (exact) mass is 764 g/mol. The van der Waals surface area contributed by atoms with Gasteiger partial charge in [0.2, 0.25) is 0 Å². The van der Waals surface area contributed by atoms with Gasteiger partial charge in [0.05, 0.1) is 39.6 Å². The Morgan fingerprint density at radius 1 is 0.982 bits per heavy atom. The molecular formula is C45H56N4O7. The van der Waals surface area contributed by atoms with Gasteiger partial charge in [0.1, 0.15) is 16.6 Å². The Balaban J connectivity index is 1.36. The number of hydrogen-bond donors (Lipinski definition) is 3. The molecule has 0 amide bonds. The van der Waals surface area contributed by atoms with Crippen LogP contribution < -0.4 is 4.74 Å². The molecule has 4 aliphatic heterocycles. The van der Waals surface area contributed by atoms with Crippen LogP contribution in [0.3, 0.4) is 0 Å². The van der Waals surface area contributed by atoms with Gasteiger partial charge >= 0.3 is 11.9 Å². The van der Waals surface area contributed by atoms with Crippen LogP contribution in [0.15, 0.2) is 48.0 Å². The lowest BCUT2D eigenvalue weighted by molar-refractivity contribution is -0.169. The van der Waals surface area contributed by atoms with Gasteiger partial charge in [-0.05, 0) is 75.3 Å². The molecule has 6 heterocycles. The van der Waals surface area contributed by atoms with Crippen molar-refractivity contribution in [1.82, 2.24) is 19.8 Å². The molecule has 11 heteroatoms. The van der Waals surface area contributed by atoms with Gasteiger partial charge in [-0.3, -0.25) is 19.4 Å². The molecule has 6 bridgehead atoms. The molecule has 1 unspecified atom stereocenters. The number of methoxy groups -OCH3 is 4. The fourth-order valence-corrected chi connectivity index (χ4v) is 12.9. The van der Waals surface area contributed by atoms with Crippen LogP contribution in [-0.2, 0) is 35.6 Å². The third-order valence-corrected chi connectivity index (χ3v) is 15.1. The molecule has 10 atom stereocenters. The number of para-hydroxylation sites is 1. The number of hydrogen-bond acceptors (Lipinski definition) is 9. The van der Waals surface area contributed by atoms with Gasteiger partial charge in [0, 0.05) is 89.5 Å². The predicted molar refractivity (Wildman–Crippen MR) is 214 cm³/mol. The van der Waals surface area contributed by atoms with Crippen molar-refractivity contribution in [3.8, 4) is 5.75 Å². The number of piperidine rings is 3. The number of allylic oxidation sites excluding steroid dienone is 1. The number of likely N-dealkylation sites (N-methyl/N-ethyl adjacent to an activating group) is 1. The molecule has 4 fully saturated rings. The lowest BCUT2D eigenvalue weighted by Gasteiger charge is -2.57. The molecule has 4 aromatic rings. The number of aromatic nitrogens is 2. The molecule has 2 aromatic heterocycles. The Kier molecular flexibility index (Phi) is 9.19. The van der Waals surface area contributed by atoms with Gasteiger partial charge in [0.15, 0.2) is 0 Å². The van der Waals surface area contributed by atoms with Crippen LogP contribution >= 0.6 is 0 Å². The molecule has 2 aliphatic carbocycles. The maximum Gasteiger partial charge on any atom is 0.319 e. The summed E-state index contributed by atoms with van der Waals surface area (Å²) in [6.45, 7) is 6.21. The Hall–Kier alpha value is -4.16. The molecule has 298 valence electrons. The molecule has 3 saturated heterocycles. The highest BCUT2D eigenvalue weighted by Crippen LogP contribution is 2.59. The number of nitrogens with zero attached hydrogens (tertiary/aromatic N) is 2. The quantitative estimate of drug-likeness (QED) is 0.154. The number of likely N-dealkylation sites (tertiary alicyclic amines) is 1. The zero-order chi connectivity index (χ0) is 39.3. The molecular weight excluding hydrogens is 709 g/mol. The molecule has 0 radical (unpaired) electrons. The van der Waals surface area contributed by atoms with E-state index in [1.807, 2.05) is 20.0 Å². The highest BCUT2D eigenvalue weighted by atomic mass is 16.5. The minimum absolute atomic E-state index is 0.0254. The number of nitrogens with one attached hydrogen (secondary N) is 2. The minimum Gasteiger partial charge on any atom is -0.496 e. The zero-order valence-electron chi connectivity index (χ0n) is 33.7. The Morgan fingerprint density at radius 3 is 2.46 bits per heavy atom. The van der Waals surface area contributed by atoms with E-state index in [1.54, 1.807) is 14.2 Å². The first-order valence-electron chi connectivity index (χ1n) is 20.4. The first kappa shape index (κ1) is 37.4. The van der Waals surface area contributed by atoms with Gasteiger partial charge in [-0.25, -0.2) is 0 Å².